The average molecular weight is 351 g/mol. The topological polar surface area (TPSA) is 61.4 Å². The second kappa shape index (κ2) is 7.72. The highest BCUT2D eigenvalue weighted by molar-refractivity contribution is 5.74. The smallest absolute Gasteiger partial charge is 0.317 e. The third-order valence-corrected chi connectivity index (χ3v) is 5.23. The fraction of sp³-hybridized carbons (Fsp3) is 0.450. The number of fused-ring (bicyclic) bond motifs is 1. The minimum Gasteiger partial charge on any atom is -0.352 e. The first kappa shape index (κ1) is 16.8. The summed E-state index contributed by atoms with van der Waals surface area (Å²) in [6.07, 6.45) is 4.21. The molecule has 1 saturated heterocycles. The number of nitrogens with one attached hydrogen (secondary N) is 1. The Labute approximate surface area is 154 Å². The molecule has 0 saturated carbocycles. The number of amides is 2. The van der Waals surface area contributed by atoms with E-state index in [1.165, 1.54) is 17.5 Å². The van der Waals surface area contributed by atoms with Crippen LogP contribution in [0.15, 0.2) is 36.4 Å². The van der Waals surface area contributed by atoms with E-state index >= 15 is 0 Å². The summed E-state index contributed by atoms with van der Waals surface area (Å²) in [7, 11) is 0. The van der Waals surface area contributed by atoms with Crippen molar-refractivity contribution in [2.24, 2.45) is 0 Å². The molecule has 1 fully saturated rings. The van der Waals surface area contributed by atoms with E-state index in [-0.39, 0.29) is 6.03 Å². The highest BCUT2D eigenvalue weighted by Gasteiger charge is 2.23. The summed E-state index contributed by atoms with van der Waals surface area (Å²) >= 11 is 0. The van der Waals surface area contributed by atoms with Gasteiger partial charge in [-0.15, -0.1) is 5.10 Å². The van der Waals surface area contributed by atoms with Gasteiger partial charge in [0, 0.05) is 32.7 Å². The maximum atomic E-state index is 12.4. The quantitative estimate of drug-likeness (QED) is 0.916. The first-order chi connectivity index (χ1) is 12.8. The van der Waals surface area contributed by atoms with Crippen LogP contribution in [-0.2, 0) is 19.3 Å². The Bertz CT molecular complexity index is 756. The summed E-state index contributed by atoms with van der Waals surface area (Å²) in [5.74, 6) is 0.954. The molecule has 26 heavy (non-hydrogen) atoms. The second-order valence-electron chi connectivity index (χ2n) is 6.97. The van der Waals surface area contributed by atoms with Gasteiger partial charge in [0.2, 0.25) is 0 Å². The number of hydrogen-bond acceptors (Lipinski definition) is 4. The minimum atomic E-state index is 0.0284. The van der Waals surface area contributed by atoms with Crippen molar-refractivity contribution in [3.05, 3.63) is 53.2 Å². The monoisotopic (exact) mass is 351 g/mol. The molecule has 1 aliphatic heterocycles. The Balaban J connectivity index is 1.25. The maximum absolute atomic E-state index is 12.4. The SMILES string of the molecule is O=C(NCCc1ccccc1)N1CCN(c2cc3c(nn2)CCC3)CC1. The molecule has 1 aromatic carbocycles. The van der Waals surface area contributed by atoms with Crippen molar-refractivity contribution in [3.8, 4) is 0 Å². The van der Waals surface area contributed by atoms with Gasteiger partial charge < -0.3 is 15.1 Å². The molecule has 1 aromatic heterocycles. The van der Waals surface area contributed by atoms with Crippen LogP contribution in [0.4, 0.5) is 10.6 Å². The number of aryl methyl sites for hydroxylation is 2. The lowest BCUT2D eigenvalue weighted by molar-refractivity contribution is 0.194. The number of anilines is 1. The van der Waals surface area contributed by atoms with Crippen molar-refractivity contribution in [2.75, 3.05) is 37.6 Å². The van der Waals surface area contributed by atoms with Crippen LogP contribution in [0, 0.1) is 0 Å². The summed E-state index contributed by atoms with van der Waals surface area (Å²) in [6, 6.07) is 12.4. The van der Waals surface area contributed by atoms with Gasteiger partial charge >= 0.3 is 6.03 Å². The molecule has 1 aliphatic carbocycles. The fourth-order valence-electron chi connectivity index (χ4n) is 3.68. The first-order valence-electron chi connectivity index (χ1n) is 9.47. The molecule has 4 rings (SSSR count). The molecule has 2 aromatic rings. The van der Waals surface area contributed by atoms with Gasteiger partial charge in [-0.3, -0.25) is 0 Å². The molecule has 2 aliphatic rings. The number of hydrogen-bond donors (Lipinski definition) is 1. The van der Waals surface area contributed by atoms with Crippen molar-refractivity contribution in [1.29, 1.82) is 0 Å². The van der Waals surface area contributed by atoms with Gasteiger partial charge in [0.15, 0.2) is 5.82 Å². The molecule has 0 atom stereocenters. The Morgan fingerprint density at radius 3 is 2.65 bits per heavy atom. The van der Waals surface area contributed by atoms with Crippen LogP contribution in [0.25, 0.3) is 0 Å². The molecule has 6 heteroatoms. The highest BCUT2D eigenvalue weighted by Crippen LogP contribution is 2.23. The van der Waals surface area contributed by atoms with Crippen LogP contribution >= 0.6 is 0 Å². The molecule has 2 amide bonds. The second-order valence-corrected chi connectivity index (χ2v) is 6.97. The van der Waals surface area contributed by atoms with E-state index in [4.69, 9.17) is 0 Å². The minimum absolute atomic E-state index is 0.0284. The van der Waals surface area contributed by atoms with Crippen LogP contribution in [-0.4, -0.2) is 53.9 Å². The van der Waals surface area contributed by atoms with Crippen LogP contribution < -0.4 is 10.2 Å². The molecule has 136 valence electrons. The molecule has 0 bridgehead atoms. The lowest BCUT2D eigenvalue weighted by Crippen LogP contribution is -2.52. The van der Waals surface area contributed by atoms with E-state index in [0.717, 1.165) is 57.0 Å². The van der Waals surface area contributed by atoms with Gasteiger partial charge in [0.25, 0.3) is 0 Å². The van der Waals surface area contributed by atoms with Gasteiger partial charge in [-0.25, -0.2) is 4.79 Å². The number of carbonyl (C=O) groups excluding carboxylic acids is 1. The zero-order chi connectivity index (χ0) is 17.8. The Hall–Kier alpha value is -2.63. The Morgan fingerprint density at radius 2 is 1.85 bits per heavy atom. The highest BCUT2D eigenvalue weighted by atomic mass is 16.2. The first-order valence-corrected chi connectivity index (χ1v) is 9.47. The lowest BCUT2D eigenvalue weighted by atomic mass is 10.1. The number of aromatic nitrogens is 2. The van der Waals surface area contributed by atoms with Gasteiger partial charge in [-0.2, -0.15) is 5.10 Å². The van der Waals surface area contributed by atoms with Crippen LogP contribution in [0.5, 0.6) is 0 Å². The van der Waals surface area contributed by atoms with Crippen LogP contribution in [0.3, 0.4) is 0 Å². The lowest BCUT2D eigenvalue weighted by Gasteiger charge is -2.35. The predicted octanol–water partition coefficient (Wildman–Crippen LogP) is 2.04. The average Bonchev–Trinajstić information content (AvgIpc) is 3.17. The molecule has 1 N–H and O–H groups in total. The number of benzene rings is 1. The van der Waals surface area contributed by atoms with E-state index in [0.29, 0.717) is 6.54 Å². The van der Waals surface area contributed by atoms with E-state index in [2.05, 4.69) is 38.6 Å². The van der Waals surface area contributed by atoms with Crippen molar-refractivity contribution in [3.63, 3.8) is 0 Å². The number of carbonyl (C=O) groups is 1. The number of nitrogens with zero attached hydrogens (tertiary/aromatic N) is 4. The molecule has 6 nitrogen and oxygen atoms in total. The van der Waals surface area contributed by atoms with Gasteiger partial charge in [0.05, 0.1) is 5.69 Å². The van der Waals surface area contributed by atoms with Gasteiger partial charge in [-0.05, 0) is 42.9 Å². The molecular weight excluding hydrogens is 326 g/mol. The summed E-state index contributed by atoms with van der Waals surface area (Å²) < 4.78 is 0. The van der Waals surface area contributed by atoms with Gasteiger partial charge in [0.1, 0.15) is 0 Å². The number of rotatable bonds is 4. The number of urea groups is 1. The number of piperazine rings is 1. The normalized spacial score (nSPS) is 16.5. The van der Waals surface area contributed by atoms with Crippen LogP contribution in [0.2, 0.25) is 0 Å². The van der Waals surface area contributed by atoms with Crippen molar-refractivity contribution in [2.45, 2.75) is 25.7 Å². The molecular formula is C20H25N5O. The third kappa shape index (κ3) is 3.79. The predicted molar refractivity (Wildman–Crippen MR) is 101 cm³/mol. The van der Waals surface area contributed by atoms with E-state index in [1.54, 1.807) is 0 Å². The van der Waals surface area contributed by atoms with E-state index in [9.17, 15) is 4.79 Å². The van der Waals surface area contributed by atoms with Crippen molar-refractivity contribution >= 4 is 11.8 Å². The summed E-state index contributed by atoms with van der Waals surface area (Å²) in [5, 5.41) is 11.8. The molecule has 2 heterocycles. The zero-order valence-corrected chi connectivity index (χ0v) is 15.0. The Morgan fingerprint density at radius 1 is 1.04 bits per heavy atom. The molecule has 0 spiro atoms. The zero-order valence-electron chi connectivity index (χ0n) is 15.0. The van der Waals surface area contributed by atoms with Gasteiger partial charge in [-0.1, -0.05) is 30.3 Å². The van der Waals surface area contributed by atoms with Crippen LogP contribution in [0.1, 0.15) is 23.2 Å². The third-order valence-electron chi connectivity index (χ3n) is 5.23. The fourth-order valence-corrected chi connectivity index (χ4v) is 3.68. The van der Waals surface area contributed by atoms with E-state index < -0.39 is 0 Å². The summed E-state index contributed by atoms with van der Waals surface area (Å²) in [6.45, 7) is 3.71. The van der Waals surface area contributed by atoms with E-state index in [1.807, 2.05) is 23.1 Å². The molecule has 0 unspecified atom stereocenters. The Kier molecular flexibility index (Phi) is 5.00. The summed E-state index contributed by atoms with van der Waals surface area (Å²) in [4.78, 5) is 16.5. The van der Waals surface area contributed by atoms with Crippen molar-refractivity contribution in [1.82, 2.24) is 20.4 Å². The maximum Gasteiger partial charge on any atom is 0.317 e. The van der Waals surface area contributed by atoms with Crippen molar-refractivity contribution < 1.29 is 4.79 Å². The largest absolute Gasteiger partial charge is 0.352 e. The molecule has 0 radical (unpaired) electrons. The summed E-state index contributed by atoms with van der Waals surface area (Å²) in [5.41, 5.74) is 3.74. The standard InChI is InChI=1S/C20H25N5O/c26-20(21-10-9-16-5-2-1-3-6-16)25-13-11-24(12-14-25)19-15-17-7-4-8-18(17)22-23-19/h1-3,5-6,15H,4,7-14H2,(H,21,26).